The maximum absolute atomic E-state index is 12.9. The summed E-state index contributed by atoms with van der Waals surface area (Å²) in [6, 6.07) is 6.47. The number of sulfonamides is 1. The van der Waals surface area contributed by atoms with Gasteiger partial charge in [0.15, 0.2) is 5.03 Å². The van der Waals surface area contributed by atoms with Gasteiger partial charge in [0.05, 0.1) is 11.9 Å². The summed E-state index contributed by atoms with van der Waals surface area (Å²) in [6.07, 6.45) is 1.12. The van der Waals surface area contributed by atoms with Gasteiger partial charge in [-0.05, 0) is 44.2 Å². The number of aromatic nitrogens is 4. The number of hydrogen-bond acceptors (Lipinski definition) is 5. The lowest BCUT2D eigenvalue weighted by Crippen LogP contribution is -2.21. The molecule has 0 amide bonds. The van der Waals surface area contributed by atoms with E-state index in [1.807, 2.05) is 0 Å². The molecule has 0 saturated heterocycles. The molecule has 8 nitrogen and oxygen atoms in total. The minimum atomic E-state index is -4.13. The van der Waals surface area contributed by atoms with Crippen molar-refractivity contribution in [2.75, 3.05) is 4.72 Å². The number of carbonyl (C=O) groups excluding carboxylic acids is 1. The molecule has 1 aromatic carbocycles. The summed E-state index contributed by atoms with van der Waals surface area (Å²) >= 11 is 0. The minimum Gasteiger partial charge on any atom is -0.278 e. The molecule has 10 heteroatoms. The van der Waals surface area contributed by atoms with Crippen LogP contribution in [0.4, 0.5) is 10.1 Å². The van der Waals surface area contributed by atoms with Crippen LogP contribution in [0, 0.1) is 19.7 Å². The molecule has 3 rings (SSSR count). The van der Waals surface area contributed by atoms with E-state index in [4.69, 9.17) is 0 Å². The van der Waals surface area contributed by atoms with Crippen LogP contribution in [0.1, 0.15) is 21.7 Å². The number of aromatic amines is 1. The predicted molar refractivity (Wildman–Crippen MR) is 87.2 cm³/mol. The van der Waals surface area contributed by atoms with Gasteiger partial charge in [0.1, 0.15) is 11.4 Å². The summed E-state index contributed by atoms with van der Waals surface area (Å²) in [5.74, 6) is -1.12. The highest BCUT2D eigenvalue weighted by molar-refractivity contribution is 7.92. The maximum atomic E-state index is 12.9. The maximum Gasteiger partial charge on any atom is 0.283 e. The largest absolute Gasteiger partial charge is 0.283 e. The molecule has 2 aromatic heterocycles. The van der Waals surface area contributed by atoms with Crippen LogP contribution in [0.25, 0.3) is 0 Å². The van der Waals surface area contributed by atoms with Gasteiger partial charge in [-0.2, -0.15) is 18.6 Å². The standard InChI is InChI=1S/C15H14FN5O3S/c1-9-7-10(2)21(19-9)15(22)13-8-17-18-14(13)25(23,24)20-12-5-3-11(16)4-6-12/h3-8,20H,1-2H3,(H,17,18). The van der Waals surface area contributed by atoms with Crippen LogP contribution in [0.3, 0.4) is 0 Å². The van der Waals surface area contributed by atoms with Gasteiger partial charge >= 0.3 is 0 Å². The Morgan fingerprint density at radius 1 is 1.24 bits per heavy atom. The van der Waals surface area contributed by atoms with E-state index in [1.165, 1.54) is 12.1 Å². The van der Waals surface area contributed by atoms with Crippen LogP contribution in [-0.2, 0) is 10.0 Å². The molecule has 0 bridgehead atoms. The quantitative estimate of drug-likeness (QED) is 0.735. The van der Waals surface area contributed by atoms with Crippen molar-refractivity contribution in [2.24, 2.45) is 0 Å². The Hall–Kier alpha value is -3.01. The molecular weight excluding hydrogens is 349 g/mol. The zero-order valence-electron chi connectivity index (χ0n) is 13.3. The number of benzene rings is 1. The summed E-state index contributed by atoms with van der Waals surface area (Å²) in [6.45, 7) is 3.41. The number of halogens is 1. The summed E-state index contributed by atoms with van der Waals surface area (Å²) < 4.78 is 41.4. The molecule has 0 atom stereocenters. The molecule has 25 heavy (non-hydrogen) atoms. The topological polar surface area (TPSA) is 110 Å². The zero-order chi connectivity index (χ0) is 18.2. The molecule has 0 fully saturated rings. The van der Waals surface area contributed by atoms with Crippen molar-refractivity contribution in [1.29, 1.82) is 0 Å². The SMILES string of the molecule is Cc1cc(C)n(C(=O)c2cn[nH]c2S(=O)(=O)Nc2ccc(F)cc2)n1. The number of hydrogen-bond donors (Lipinski definition) is 2. The summed E-state index contributed by atoms with van der Waals surface area (Å²) in [5.41, 5.74) is 1.20. The van der Waals surface area contributed by atoms with Gasteiger partial charge in [-0.25, -0.2) is 9.07 Å². The molecule has 0 saturated carbocycles. The Labute approximate surface area is 142 Å². The molecule has 0 aliphatic heterocycles. The normalized spacial score (nSPS) is 11.5. The highest BCUT2D eigenvalue weighted by atomic mass is 32.2. The Balaban J connectivity index is 1.96. The number of nitrogens with zero attached hydrogens (tertiary/aromatic N) is 3. The van der Waals surface area contributed by atoms with E-state index in [-0.39, 0.29) is 11.3 Å². The van der Waals surface area contributed by atoms with Crippen molar-refractivity contribution < 1.29 is 17.6 Å². The Kier molecular flexibility index (Phi) is 4.13. The molecule has 2 heterocycles. The average molecular weight is 363 g/mol. The second-order valence-electron chi connectivity index (χ2n) is 5.37. The van der Waals surface area contributed by atoms with Crippen molar-refractivity contribution >= 4 is 21.6 Å². The molecule has 0 spiro atoms. The number of aryl methyl sites for hydroxylation is 2. The van der Waals surface area contributed by atoms with Crippen molar-refractivity contribution in [3.8, 4) is 0 Å². The van der Waals surface area contributed by atoms with Gasteiger partial charge in [-0.3, -0.25) is 14.6 Å². The lowest BCUT2D eigenvalue weighted by molar-refractivity contribution is 0.0939. The number of carbonyl (C=O) groups is 1. The van der Waals surface area contributed by atoms with Gasteiger partial charge in [0.2, 0.25) is 0 Å². The fourth-order valence-corrected chi connectivity index (χ4v) is 3.46. The third-order valence-electron chi connectivity index (χ3n) is 3.40. The highest BCUT2D eigenvalue weighted by Crippen LogP contribution is 2.19. The third kappa shape index (κ3) is 3.29. The number of H-pyrrole nitrogens is 1. The Morgan fingerprint density at radius 3 is 2.52 bits per heavy atom. The van der Waals surface area contributed by atoms with Gasteiger partial charge in [-0.1, -0.05) is 0 Å². The van der Waals surface area contributed by atoms with E-state index in [0.29, 0.717) is 11.4 Å². The van der Waals surface area contributed by atoms with Crippen LogP contribution < -0.4 is 4.72 Å². The van der Waals surface area contributed by atoms with E-state index in [0.717, 1.165) is 23.0 Å². The van der Waals surface area contributed by atoms with E-state index in [1.54, 1.807) is 19.9 Å². The van der Waals surface area contributed by atoms with E-state index in [2.05, 4.69) is 20.0 Å². The van der Waals surface area contributed by atoms with Crippen molar-refractivity contribution in [1.82, 2.24) is 20.0 Å². The van der Waals surface area contributed by atoms with Crippen LogP contribution >= 0.6 is 0 Å². The van der Waals surface area contributed by atoms with E-state index in [9.17, 15) is 17.6 Å². The highest BCUT2D eigenvalue weighted by Gasteiger charge is 2.27. The minimum absolute atomic E-state index is 0.152. The van der Waals surface area contributed by atoms with Gasteiger partial charge in [0, 0.05) is 11.4 Å². The molecule has 130 valence electrons. The summed E-state index contributed by atoms with van der Waals surface area (Å²) in [7, 11) is -4.13. The first-order valence-corrected chi connectivity index (χ1v) is 8.66. The summed E-state index contributed by atoms with van der Waals surface area (Å²) in [5, 5.41) is 9.64. The monoisotopic (exact) mass is 363 g/mol. The number of nitrogens with one attached hydrogen (secondary N) is 2. The number of rotatable bonds is 4. The summed E-state index contributed by atoms with van der Waals surface area (Å²) in [4.78, 5) is 12.6. The fraction of sp³-hybridized carbons (Fsp3) is 0.133. The second-order valence-corrected chi connectivity index (χ2v) is 6.99. The number of anilines is 1. The first kappa shape index (κ1) is 16.8. The lowest BCUT2D eigenvalue weighted by atomic mass is 10.3. The smallest absolute Gasteiger partial charge is 0.278 e. The third-order valence-corrected chi connectivity index (χ3v) is 4.76. The molecule has 0 radical (unpaired) electrons. The first-order valence-electron chi connectivity index (χ1n) is 7.17. The van der Waals surface area contributed by atoms with Gasteiger partial charge < -0.3 is 0 Å². The lowest BCUT2D eigenvalue weighted by Gasteiger charge is -2.08. The molecule has 0 aliphatic rings. The molecule has 3 aromatic rings. The Morgan fingerprint density at radius 2 is 1.92 bits per heavy atom. The second kappa shape index (κ2) is 6.13. The zero-order valence-corrected chi connectivity index (χ0v) is 14.1. The van der Waals surface area contributed by atoms with Crippen LogP contribution in [-0.4, -0.2) is 34.3 Å². The van der Waals surface area contributed by atoms with Gasteiger partial charge in [-0.15, -0.1) is 0 Å². The van der Waals surface area contributed by atoms with Crippen LogP contribution in [0.15, 0.2) is 41.6 Å². The van der Waals surface area contributed by atoms with Crippen LogP contribution in [0.2, 0.25) is 0 Å². The van der Waals surface area contributed by atoms with E-state index < -0.39 is 26.8 Å². The first-order chi connectivity index (χ1) is 11.8. The average Bonchev–Trinajstić information content (AvgIpc) is 3.16. The van der Waals surface area contributed by atoms with Crippen molar-refractivity contribution in [2.45, 2.75) is 18.9 Å². The van der Waals surface area contributed by atoms with Crippen molar-refractivity contribution in [3.63, 3.8) is 0 Å². The Bertz CT molecular complexity index is 1040. The van der Waals surface area contributed by atoms with Crippen molar-refractivity contribution in [3.05, 3.63) is 59.3 Å². The van der Waals surface area contributed by atoms with E-state index >= 15 is 0 Å². The fourth-order valence-electron chi connectivity index (χ4n) is 2.30. The molecule has 2 N–H and O–H groups in total. The molecular formula is C15H14FN5O3S. The molecule has 0 unspecified atom stereocenters. The van der Waals surface area contributed by atoms with Crippen LogP contribution in [0.5, 0.6) is 0 Å². The molecule has 0 aliphatic carbocycles. The van der Waals surface area contributed by atoms with Gasteiger partial charge in [0.25, 0.3) is 15.9 Å². The predicted octanol–water partition coefficient (Wildman–Crippen LogP) is 1.85.